The standard InChI is InChI=1S/C28H27ClF2N2O4/c1-15(34)14-36-20-10-9-17(27(32)35)24(26(20)31)23-18-13-28(22-8-5-11-33-22,16-6-3-2-4-7-16)37-21(18)12-19(30)25(23)29/h2-4,6-7,9-10,12,15,22,33-34H,5,8,11,13-14H2,1H3,(H2,32,35)/t15-,22-,28?/m0/s1. The van der Waals surface area contributed by atoms with Gasteiger partial charge in [-0.1, -0.05) is 41.9 Å². The fourth-order valence-corrected chi connectivity index (χ4v) is 5.61. The van der Waals surface area contributed by atoms with E-state index in [4.69, 9.17) is 26.8 Å². The molecule has 1 saturated heterocycles. The number of rotatable bonds is 7. The van der Waals surface area contributed by atoms with Gasteiger partial charge in [0.25, 0.3) is 0 Å². The van der Waals surface area contributed by atoms with Crippen molar-refractivity contribution < 1.29 is 28.2 Å². The van der Waals surface area contributed by atoms with Crippen LogP contribution in [0, 0.1) is 11.6 Å². The van der Waals surface area contributed by atoms with Crippen LogP contribution in [-0.4, -0.2) is 36.3 Å². The molecule has 0 bridgehead atoms. The van der Waals surface area contributed by atoms with Crippen molar-refractivity contribution >= 4 is 17.5 Å². The van der Waals surface area contributed by atoms with Crippen molar-refractivity contribution in [3.05, 3.63) is 81.9 Å². The molecule has 6 nitrogen and oxygen atoms in total. The maximum absolute atomic E-state index is 16.0. The molecule has 0 radical (unpaired) electrons. The summed E-state index contributed by atoms with van der Waals surface area (Å²) in [5.74, 6) is -2.65. The third kappa shape index (κ3) is 4.43. The molecule has 2 aliphatic rings. The first-order valence-electron chi connectivity index (χ1n) is 12.1. The lowest BCUT2D eigenvalue weighted by Crippen LogP contribution is -2.48. The summed E-state index contributed by atoms with van der Waals surface area (Å²) in [6.07, 6.45) is 1.18. The smallest absolute Gasteiger partial charge is 0.249 e. The van der Waals surface area contributed by atoms with Crippen LogP contribution < -0.4 is 20.5 Å². The summed E-state index contributed by atoms with van der Waals surface area (Å²) in [7, 11) is 0. The van der Waals surface area contributed by atoms with E-state index < -0.39 is 29.2 Å². The van der Waals surface area contributed by atoms with Gasteiger partial charge in [-0.25, -0.2) is 8.78 Å². The van der Waals surface area contributed by atoms with Gasteiger partial charge in [-0.15, -0.1) is 0 Å². The molecule has 1 fully saturated rings. The Hall–Kier alpha value is -3.20. The fraction of sp³-hybridized carbons (Fsp3) is 0.321. The molecule has 0 spiro atoms. The van der Waals surface area contributed by atoms with E-state index in [2.05, 4.69) is 5.32 Å². The van der Waals surface area contributed by atoms with Crippen molar-refractivity contribution in [2.75, 3.05) is 13.2 Å². The third-order valence-electron chi connectivity index (χ3n) is 7.01. The minimum absolute atomic E-state index is 0.00117. The number of amides is 1. The highest BCUT2D eigenvalue weighted by Crippen LogP contribution is 2.52. The molecule has 194 valence electrons. The van der Waals surface area contributed by atoms with E-state index in [1.165, 1.54) is 25.1 Å². The molecule has 0 aromatic heterocycles. The monoisotopic (exact) mass is 528 g/mol. The van der Waals surface area contributed by atoms with E-state index in [9.17, 15) is 9.90 Å². The highest BCUT2D eigenvalue weighted by atomic mass is 35.5. The van der Waals surface area contributed by atoms with Gasteiger partial charge in [-0.2, -0.15) is 0 Å². The van der Waals surface area contributed by atoms with E-state index in [-0.39, 0.29) is 52.3 Å². The number of ether oxygens (including phenoxy) is 2. The molecule has 2 heterocycles. The van der Waals surface area contributed by atoms with Crippen LogP contribution in [0.5, 0.6) is 11.5 Å². The third-order valence-corrected chi connectivity index (χ3v) is 7.37. The molecule has 1 amide bonds. The lowest BCUT2D eigenvalue weighted by Gasteiger charge is -2.35. The first kappa shape index (κ1) is 25.4. The number of aliphatic hydroxyl groups excluding tert-OH is 1. The number of benzene rings is 3. The molecule has 9 heteroatoms. The minimum Gasteiger partial charge on any atom is -0.488 e. The van der Waals surface area contributed by atoms with Crippen molar-refractivity contribution in [2.45, 2.75) is 43.9 Å². The number of aliphatic hydroxyl groups is 1. The fourth-order valence-electron chi connectivity index (χ4n) is 5.35. The van der Waals surface area contributed by atoms with Crippen LogP contribution in [0.1, 0.15) is 41.3 Å². The van der Waals surface area contributed by atoms with E-state index in [0.29, 0.717) is 5.56 Å². The second kappa shape index (κ2) is 9.93. The number of nitrogens with two attached hydrogens (primary N) is 1. The predicted octanol–water partition coefficient (Wildman–Crippen LogP) is 4.73. The molecular formula is C28H27ClF2N2O4. The number of hydrogen-bond donors (Lipinski definition) is 3. The first-order valence-corrected chi connectivity index (χ1v) is 12.5. The number of fused-ring (bicyclic) bond motifs is 1. The molecule has 0 saturated carbocycles. The maximum atomic E-state index is 16.0. The zero-order valence-corrected chi connectivity index (χ0v) is 20.9. The number of hydrogen-bond acceptors (Lipinski definition) is 5. The number of nitrogens with one attached hydrogen (secondary N) is 1. The van der Waals surface area contributed by atoms with Crippen LogP contribution in [0.25, 0.3) is 11.1 Å². The lowest BCUT2D eigenvalue weighted by molar-refractivity contribution is 0.0539. The zero-order chi connectivity index (χ0) is 26.3. The van der Waals surface area contributed by atoms with Gasteiger partial charge in [0.1, 0.15) is 18.2 Å². The largest absolute Gasteiger partial charge is 0.488 e. The van der Waals surface area contributed by atoms with E-state index in [0.717, 1.165) is 24.9 Å². The number of carbonyl (C=O) groups excluding carboxylic acids is 1. The highest BCUT2D eigenvalue weighted by Gasteiger charge is 2.50. The summed E-state index contributed by atoms with van der Waals surface area (Å²) < 4.78 is 43.2. The quantitative estimate of drug-likeness (QED) is 0.412. The normalized spacial score (nSPS) is 21.4. The summed E-state index contributed by atoms with van der Waals surface area (Å²) in [6, 6.07) is 13.3. The van der Waals surface area contributed by atoms with Gasteiger partial charge in [0.15, 0.2) is 17.2 Å². The molecule has 1 unspecified atom stereocenters. The van der Waals surface area contributed by atoms with Gasteiger partial charge in [-0.3, -0.25) is 4.79 Å². The van der Waals surface area contributed by atoms with Crippen molar-refractivity contribution in [2.24, 2.45) is 5.73 Å². The predicted molar refractivity (Wildman–Crippen MR) is 136 cm³/mol. The molecule has 37 heavy (non-hydrogen) atoms. The summed E-state index contributed by atoms with van der Waals surface area (Å²) >= 11 is 6.49. The molecule has 0 aliphatic carbocycles. The average molecular weight is 529 g/mol. The van der Waals surface area contributed by atoms with Crippen molar-refractivity contribution in [3.8, 4) is 22.6 Å². The van der Waals surface area contributed by atoms with Gasteiger partial charge in [0.05, 0.1) is 22.7 Å². The van der Waals surface area contributed by atoms with Crippen molar-refractivity contribution in [3.63, 3.8) is 0 Å². The minimum atomic E-state index is -0.928. The SMILES string of the molecule is C[C@H](O)COc1ccc(C(N)=O)c(-c2c(Cl)c(F)cc3c2CC(c2ccccc2)([C@@H]2CCCN2)O3)c1F. The van der Waals surface area contributed by atoms with Crippen LogP contribution in [0.4, 0.5) is 8.78 Å². The highest BCUT2D eigenvalue weighted by molar-refractivity contribution is 6.34. The molecule has 2 aliphatic heterocycles. The van der Waals surface area contributed by atoms with Crippen LogP contribution in [0.15, 0.2) is 48.5 Å². The number of primary amides is 1. The van der Waals surface area contributed by atoms with Gasteiger partial charge < -0.3 is 25.6 Å². The second-order valence-corrected chi connectivity index (χ2v) is 9.91. The Morgan fingerprint density at radius 2 is 2.03 bits per heavy atom. The Kier molecular flexibility index (Phi) is 6.83. The summed E-state index contributed by atoms with van der Waals surface area (Å²) in [4.78, 5) is 12.4. The molecule has 5 rings (SSSR count). The van der Waals surface area contributed by atoms with E-state index in [1.54, 1.807) is 0 Å². The molecule has 3 aromatic carbocycles. The van der Waals surface area contributed by atoms with Crippen molar-refractivity contribution in [1.82, 2.24) is 5.32 Å². The molecule has 4 N–H and O–H groups in total. The second-order valence-electron chi connectivity index (χ2n) is 9.53. The van der Waals surface area contributed by atoms with Gasteiger partial charge in [0, 0.05) is 29.2 Å². The summed E-state index contributed by atoms with van der Waals surface area (Å²) in [5.41, 5.74) is 5.64. The van der Waals surface area contributed by atoms with Gasteiger partial charge >= 0.3 is 0 Å². The Bertz CT molecular complexity index is 1350. The van der Waals surface area contributed by atoms with Crippen LogP contribution in [0.2, 0.25) is 5.02 Å². The van der Waals surface area contributed by atoms with Crippen LogP contribution >= 0.6 is 11.6 Å². The Labute approximate surface area is 218 Å². The van der Waals surface area contributed by atoms with Crippen molar-refractivity contribution in [1.29, 1.82) is 0 Å². The lowest BCUT2D eigenvalue weighted by atomic mass is 9.80. The van der Waals surface area contributed by atoms with Crippen LogP contribution in [-0.2, 0) is 12.0 Å². The molecule has 3 aromatic rings. The summed E-state index contributed by atoms with van der Waals surface area (Å²) in [5, 5.41) is 12.7. The van der Waals surface area contributed by atoms with Crippen LogP contribution in [0.3, 0.4) is 0 Å². The van der Waals surface area contributed by atoms with Gasteiger partial charge in [-0.05, 0) is 44.0 Å². The van der Waals surface area contributed by atoms with Gasteiger partial charge in [0.2, 0.25) is 5.91 Å². The van der Waals surface area contributed by atoms with E-state index >= 15 is 8.78 Å². The van der Waals surface area contributed by atoms with E-state index in [1.807, 2.05) is 30.3 Å². The average Bonchev–Trinajstić information content (AvgIpc) is 3.54. The summed E-state index contributed by atoms with van der Waals surface area (Å²) in [6.45, 7) is 2.11. The molecular weight excluding hydrogens is 502 g/mol. The zero-order valence-electron chi connectivity index (χ0n) is 20.2. The maximum Gasteiger partial charge on any atom is 0.249 e. The number of carbonyl (C=O) groups is 1. The Balaban J connectivity index is 1.73. The Morgan fingerprint density at radius 3 is 2.68 bits per heavy atom. The number of halogens is 3. The molecule has 3 atom stereocenters. The topological polar surface area (TPSA) is 93.8 Å². The Morgan fingerprint density at radius 1 is 1.27 bits per heavy atom. The first-order chi connectivity index (χ1) is 17.7.